The fourth-order valence-corrected chi connectivity index (χ4v) is 3.78. The largest absolute Gasteiger partial charge is 0.339 e. The molecule has 1 saturated heterocycles. The summed E-state index contributed by atoms with van der Waals surface area (Å²) in [7, 11) is 0. The number of likely N-dealkylation sites (tertiary alicyclic amines) is 1. The fraction of sp³-hybridized carbons (Fsp3) is 0.389. The Morgan fingerprint density at radius 2 is 2.00 bits per heavy atom. The Balaban J connectivity index is 1.64. The number of amides is 1. The molecule has 0 saturated carbocycles. The van der Waals surface area contributed by atoms with Crippen LogP contribution in [-0.4, -0.2) is 29.1 Å². The summed E-state index contributed by atoms with van der Waals surface area (Å²) < 4.78 is 0. The van der Waals surface area contributed by atoms with Gasteiger partial charge in [0, 0.05) is 17.5 Å². The highest BCUT2D eigenvalue weighted by molar-refractivity contribution is 8.00. The molecule has 1 aliphatic rings. The van der Waals surface area contributed by atoms with Crippen LogP contribution in [0, 0.1) is 0 Å². The lowest BCUT2D eigenvalue weighted by Gasteiger charge is -2.33. The Kier molecular flexibility index (Phi) is 4.49. The van der Waals surface area contributed by atoms with Gasteiger partial charge in [0.15, 0.2) is 0 Å². The van der Waals surface area contributed by atoms with Crippen LogP contribution in [0.2, 0.25) is 0 Å². The Morgan fingerprint density at radius 1 is 1.19 bits per heavy atom. The van der Waals surface area contributed by atoms with Crippen molar-refractivity contribution in [1.29, 1.82) is 0 Å². The zero-order chi connectivity index (χ0) is 14.7. The van der Waals surface area contributed by atoms with Crippen molar-refractivity contribution in [2.45, 2.75) is 37.1 Å². The van der Waals surface area contributed by atoms with Crippen LogP contribution in [-0.2, 0) is 4.79 Å². The summed E-state index contributed by atoms with van der Waals surface area (Å²) in [5, 5.41) is 2.49. The van der Waals surface area contributed by atoms with Crippen molar-refractivity contribution in [3.05, 3.63) is 42.5 Å². The summed E-state index contributed by atoms with van der Waals surface area (Å²) in [5.74, 6) is 0.822. The second-order valence-corrected chi connectivity index (χ2v) is 6.78. The fourth-order valence-electron chi connectivity index (χ4n) is 2.95. The number of nitrogens with zero attached hydrogens (tertiary/aromatic N) is 1. The van der Waals surface area contributed by atoms with Gasteiger partial charge in [-0.1, -0.05) is 30.3 Å². The van der Waals surface area contributed by atoms with Crippen molar-refractivity contribution in [2.24, 2.45) is 0 Å². The predicted octanol–water partition coefficient (Wildman–Crippen LogP) is 4.33. The van der Waals surface area contributed by atoms with Gasteiger partial charge in [0.1, 0.15) is 0 Å². The van der Waals surface area contributed by atoms with Gasteiger partial charge in [-0.15, -0.1) is 11.8 Å². The van der Waals surface area contributed by atoms with Gasteiger partial charge in [-0.2, -0.15) is 0 Å². The molecule has 0 bridgehead atoms. The first-order valence-corrected chi connectivity index (χ1v) is 8.64. The maximum Gasteiger partial charge on any atom is 0.233 e. The molecule has 0 aliphatic carbocycles. The molecule has 21 heavy (non-hydrogen) atoms. The zero-order valence-electron chi connectivity index (χ0n) is 12.4. The number of rotatable bonds is 3. The van der Waals surface area contributed by atoms with Gasteiger partial charge in [0.05, 0.1) is 5.75 Å². The average Bonchev–Trinajstić information content (AvgIpc) is 2.53. The minimum absolute atomic E-state index is 0.278. The molecule has 1 atom stereocenters. The highest BCUT2D eigenvalue weighted by Crippen LogP contribution is 2.25. The van der Waals surface area contributed by atoms with Gasteiger partial charge in [-0.3, -0.25) is 4.79 Å². The lowest BCUT2D eigenvalue weighted by molar-refractivity contribution is -0.131. The molecule has 2 aromatic rings. The molecule has 0 radical (unpaired) electrons. The first-order chi connectivity index (χ1) is 10.2. The molecule has 1 aliphatic heterocycles. The summed E-state index contributed by atoms with van der Waals surface area (Å²) in [6.07, 6.45) is 3.55. The molecule has 0 spiro atoms. The van der Waals surface area contributed by atoms with E-state index in [4.69, 9.17) is 0 Å². The topological polar surface area (TPSA) is 20.3 Å². The number of carbonyl (C=O) groups excluding carboxylic acids is 1. The number of thioether (sulfide) groups is 1. The first kappa shape index (κ1) is 14.5. The van der Waals surface area contributed by atoms with Crippen LogP contribution in [0.4, 0.5) is 0 Å². The van der Waals surface area contributed by atoms with Crippen molar-refractivity contribution in [3.63, 3.8) is 0 Å². The van der Waals surface area contributed by atoms with Crippen molar-refractivity contribution in [2.75, 3.05) is 12.3 Å². The van der Waals surface area contributed by atoms with Gasteiger partial charge in [-0.25, -0.2) is 0 Å². The number of benzene rings is 2. The molecular weight excluding hydrogens is 278 g/mol. The standard InChI is InChI=1S/C18H21NOS/c1-14-6-4-5-11-19(14)18(20)13-21-17-10-9-15-7-2-3-8-16(15)12-17/h2-3,7-10,12,14H,4-6,11,13H2,1H3. The molecular formula is C18H21NOS. The molecule has 1 fully saturated rings. The molecule has 3 rings (SSSR count). The molecule has 0 aromatic heterocycles. The van der Waals surface area contributed by atoms with E-state index < -0.39 is 0 Å². The molecule has 1 amide bonds. The average molecular weight is 299 g/mol. The Bertz CT molecular complexity index is 640. The number of hydrogen-bond acceptors (Lipinski definition) is 2. The van der Waals surface area contributed by atoms with Gasteiger partial charge in [-0.05, 0) is 49.1 Å². The smallest absolute Gasteiger partial charge is 0.233 e. The lowest BCUT2D eigenvalue weighted by Crippen LogP contribution is -2.42. The summed E-state index contributed by atoms with van der Waals surface area (Å²) >= 11 is 1.65. The maximum atomic E-state index is 12.4. The van der Waals surface area contributed by atoms with Crippen molar-refractivity contribution in [3.8, 4) is 0 Å². The highest BCUT2D eigenvalue weighted by atomic mass is 32.2. The number of hydrogen-bond donors (Lipinski definition) is 0. The summed E-state index contributed by atoms with van der Waals surface area (Å²) in [6.45, 7) is 3.09. The zero-order valence-corrected chi connectivity index (χ0v) is 13.2. The van der Waals surface area contributed by atoms with Crippen molar-refractivity contribution in [1.82, 2.24) is 4.90 Å². The SMILES string of the molecule is CC1CCCCN1C(=O)CSc1ccc2ccccc2c1. The second kappa shape index (κ2) is 6.52. The minimum atomic E-state index is 0.278. The molecule has 1 heterocycles. The van der Waals surface area contributed by atoms with E-state index in [1.54, 1.807) is 11.8 Å². The van der Waals surface area contributed by atoms with Gasteiger partial charge in [0.2, 0.25) is 5.91 Å². The van der Waals surface area contributed by atoms with Gasteiger partial charge in [0.25, 0.3) is 0 Å². The summed E-state index contributed by atoms with van der Waals surface area (Å²) in [6, 6.07) is 15.2. The summed E-state index contributed by atoms with van der Waals surface area (Å²) in [5.41, 5.74) is 0. The number of fused-ring (bicyclic) bond motifs is 1. The van der Waals surface area contributed by atoms with E-state index in [1.165, 1.54) is 22.1 Å². The Morgan fingerprint density at radius 3 is 2.81 bits per heavy atom. The molecule has 110 valence electrons. The number of piperidine rings is 1. The van der Waals surface area contributed by atoms with Crippen LogP contribution < -0.4 is 0 Å². The van der Waals surface area contributed by atoms with Crippen LogP contribution in [0.1, 0.15) is 26.2 Å². The molecule has 0 N–H and O–H groups in total. The molecule has 3 heteroatoms. The second-order valence-electron chi connectivity index (χ2n) is 5.73. The molecule has 2 nitrogen and oxygen atoms in total. The van der Waals surface area contributed by atoms with Crippen molar-refractivity contribution >= 4 is 28.4 Å². The normalized spacial score (nSPS) is 18.9. The third-order valence-electron chi connectivity index (χ3n) is 4.21. The van der Waals surface area contributed by atoms with E-state index in [9.17, 15) is 4.79 Å². The third kappa shape index (κ3) is 3.41. The van der Waals surface area contributed by atoms with E-state index in [2.05, 4.69) is 54.3 Å². The maximum absolute atomic E-state index is 12.4. The van der Waals surface area contributed by atoms with Crippen LogP contribution in [0.15, 0.2) is 47.4 Å². The van der Waals surface area contributed by atoms with E-state index in [0.717, 1.165) is 19.4 Å². The molecule has 1 unspecified atom stereocenters. The Labute approximate surface area is 130 Å². The van der Waals surface area contributed by atoms with Gasteiger partial charge >= 0.3 is 0 Å². The van der Waals surface area contributed by atoms with Crippen LogP contribution in [0.3, 0.4) is 0 Å². The predicted molar refractivity (Wildman–Crippen MR) is 89.7 cm³/mol. The summed E-state index contributed by atoms with van der Waals surface area (Å²) in [4.78, 5) is 15.6. The highest BCUT2D eigenvalue weighted by Gasteiger charge is 2.22. The number of carbonyl (C=O) groups is 1. The van der Waals surface area contributed by atoms with Crippen molar-refractivity contribution < 1.29 is 4.79 Å². The van der Waals surface area contributed by atoms with E-state index in [1.807, 2.05) is 0 Å². The van der Waals surface area contributed by atoms with Crippen LogP contribution in [0.25, 0.3) is 10.8 Å². The van der Waals surface area contributed by atoms with Gasteiger partial charge < -0.3 is 4.90 Å². The lowest BCUT2D eigenvalue weighted by atomic mass is 10.0. The van der Waals surface area contributed by atoms with E-state index in [0.29, 0.717) is 11.8 Å². The van der Waals surface area contributed by atoms with E-state index in [-0.39, 0.29) is 5.91 Å². The Hall–Kier alpha value is -1.48. The quantitative estimate of drug-likeness (QED) is 0.786. The van der Waals surface area contributed by atoms with Crippen LogP contribution >= 0.6 is 11.8 Å². The molecule has 2 aromatic carbocycles. The van der Waals surface area contributed by atoms with Crippen LogP contribution in [0.5, 0.6) is 0 Å². The van der Waals surface area contributed by atoms with E-state index >= 15 is 0 Å². The first-order valence-electron chi connectivity index (χ1n) is 7.65. The monoisotopic (exact) mass is 299 g/mol. The minimum Gasteiger partial charge on any atom is -0.339 e. The third-order valence-corrected chi connectivity index (χ3v) is 5.19.